The molecule has 0 aliphatic rings. The van der Waals surface area contributed by atoms with Gasteiger partial charge in [-0.15, -0.1) is 0 Å². The van der Waals surface area contributed by atoms with Crippen LogP contribution in [0.25, 0.3) is 0 Å². The lowest BCUT2D eigenvalue weighted by Crippen LogP contribution is -2.17. The molecule has 0 radical (unpaired) electrons. The van der Waals surface area contributed by atoms with Gasteiger partial charge in [0.15, 0.2) is 11.5 Å². The fraction of sp³-hybridized carbons (Fsp3) is 0.280. The molecule has 3 aromatic rings. The zero-order chi connectivity index (χ0) is 22.2. The lowest BCUT2D eigenvalue weighted by atomic mass is 10.1. The molecule has 31 heavy (non-hydrogen) atoms. The van der Waals surface area contributed by atoms with Crippen molar-refractivity contribution in [2.75, 3.05) is 13.2 Å². The number of aryl methyl sites for hydroxylation is 1. The lowest BCUT2D eigenvalue weighted by molar-refractivity contribution is 0.267. The zero-order valence-corrected chi connectivity index (χ0v) is 20.8. The van der Waals surface area contributed by atoms with E-state index >= 15 is 0 Å². The summed E-state index contributed by atoms with van der Waals surface area (Å²) in [7, 11) is 0. The van der Waals surface area contributed by atoms with Crippen LogP contribution in [0.3, 0.4) is 0 Å². The van der Waals surface area contributed by atoms with Gasteiger partial charge in [-0.05, 0) is 83.7 Å². The molecule has 164 valence electrons. The summed E-state index contributed by atoms with van der Waals surface area (Å²) in [6.07, 6.45) is 0.827. The maximum absolute atomic E-state index is 6.25. The third kappa shape index (κ3) is 7.15. The third-order valence-electron chi connectivity index (χ3n) is 4.75. The van der Waals surface area contributed by atoms with Gasteiger partial charge in [0.2, 0.25) is 0 Å². The van der Waals surface area contributed by atoms with Gasteiger partial charge in [0.05, 0.1) is 11.1 Å². The molecule has 0 bridgehead atoms. The summed E-state index contributed by atoms with van der Waals surface area (Å²) in [6, 6.07) is 18.0. The van der Waals surface area contributed by atoms with E-state index in [0.717, 1.165) is 45.6 Å². The van der Waals surface area contributed by atoms with E-state index in [9.17, 15) is 0 Å². The van der Waals surface area contributed by atoms with Crippen molar-refractivity contribution in [2.24, 2.45) is 0 Å². The summed E-state index contributed by atoms with van der Waals surface area (Å²) in [6.45, 7) is 6.61. The van der Waals surface area contributed by atoms with Crippen LogP contribution in [0, 0.1) is 6.92 Å². The quantitative estimate of drug-likeness (QED) is 0.282. The Hall–Kier alpha value is -1.72. The van der Waals surface area contributed by atoms with Crippen LogP contribution in [0.5, 0.6) is 11.5 Å². The molecule has 0 heterocycles. The predicted molar refractivity (Wildman–Crippen MR) is 133 cm³/mol. The Morgan fingerprint density at radius 3 is 2.55 bits per heavy atom. The van der Waals surface area contributed by atoms with E-state index in [0.29, 0.717) is 29.8 Å². The second-order valence-electron chi connectivity index (χ2n) is 7.28. The molecule has 0 amide bonds. The summed E-state index contributed by atoms with van der Waals surface area (Å²) < 4.78 is 12.8. The molecule has 0 aliphatic heterocycles. The number of hydrogen-bond donors (Lipinski definition) is 1. The minimum atomic E-state index is 0.486. The van der Waals surface area contributed by atoms with E-state index in [1.54, 1.807) is 6.07 Å². The summed E-state index contributed by atoms with van der Waals surface area (Å²) >= 11 is 15.9. The highest BCUT2D eigenvalue weighted by Gasteiger charge is 2.13. The normalized spacial score (nSPS) is 10.9. The minimum Gasteiger partial charge on any atom is -0.490 e. The number of rotatable bonds is 10. The lowest BCUT2D eigenvalue weighted by Gasteiger charge is -2.16. The monoisotopic (exact) mass is 521 g/mol. The van der Waals surface area contributed by atoms with Crippen LogP contribution in [-0.2, 0) is 19.6 Å². The Balaban J connectivity index is 1.62. The van der Waals surface area contributed by atoms with Gasteiger partial charge in [0.25, 0.3) is 0 Å². The van der Waals surface area contributed by atoms with Gasteiger partial charge < -0.3 is 14.8 Å². The van der Waals surface area contributed by atoms with Crippen LogP contribution < -0.4 is 14.8 Å². The average molecular weight is 523 g/mol. The molecule has 0 fully saturated rings. The van der Waals surface area contributed by atoms with Gasteiger partial charge in [-0.1, -0.05) is 59.1 Å². The van der Waals surface area contributed by atoms with E-state index in [2.05, 4.69) is 52.4 Å². The standard InChI is InChI=1S/C25H26BrCl2NO2/c1-3-30-24-13-19(15-29-10-9-20-7-8-21(27)14-23(20)28)12-22(26)25(24)31-16-18-6-4-5-17(2)11-18/h4-8,11-14,29H,3,9-10,15-16H2,1-2H3. The van der Waals surface area contributed by atoms with Gasteiger partial charge in [-0.2, -0.15) is 0 Å². The average Bonchev–Trinajstić information content (AvgIpc) is 2.72. The molecule has 1 N–H and O–H groups in total. The van der Waals surface area contributed by atoms with E-state index in [1.807, 2.05) is 31.2 Å². The van der Waals surface area contributed by atoms with Crippen molar-refractivity contribution in [3.63, 3.8) is 0 Å². The van der Waals surface area contributed by atoms with Crippen molar-refractivity contribution in [3.05, 3.63) is 91.4 Å². The van der Waals surface area contributed by atoms with Crippen LogP contribution in [0.2, 0.25) is 10.0 Å². The predicted octanol–water partition coefficient (Wildman–Crippen LogP) is 7.37. The van der Waals surface area contributed by atoms with Crippen LogP contribution in [0.15, 0.2) is 59.1 Å². The highest BCUT2D eigenvalue weighted by atomic mass is 79.9. The van der Waals surface area contributed by atoms with E-state index < -0.39 is 0 Å². The van der Waals surface area contributed by atoms with Gasteiger partial charge >= 0.3 is 0 Å². The molecular formula is C25H26BrCl2NO2. The molecular weight excluding hydrogens is 497 g/mol. The van der Waals surface area contributed by atoms with Crippen molar-refractivity contribution in [2.45, 2.75) is 33.4 Å². The second kappa shape index (κ2) is 11.8. The number of benzene rings is 3. The number of ether oxygens (including phenoxy) is 2. The molecule has 3 aromatic carbocycles. The Morgan fingerprint density at radius 1 is 0.968 bits per heavy atom. The van der Waals surface area contributed by atoms with Crippen molar-refractivity contribution >= 4 is 39.1 Å². The molecule has 0 saturated carbocycles. The molecule has 0 saturated heterocycles. The van der Waals surface area contributed by atoms with E-state index in [4.69, 9.17) is 32.7 Å². The highest BCUT2D eigenvalue weighted by molar-refractivity contribution is 9.10. The second-order valence-corrected chi connectivity index (χ2v) is 8.98. The van der Waals surface area contributed by atoms with Gasteiger partial charge in [0.1, 0.15) is 6.61 Å². The highest BCUT2D eigenvalue weighted by Crippen LogP contribution is 2.37. The largest absolute Gasteiger partial charge is 0.490 e. The molecule has 3 rings (SSSR count). The first kappa shape index (κ1) is 23.9. The molecule has 0 unspecified atom stereocenters. The summed E-state index contributed by atoms with van der Waals surface area (Å²) in [5.74, 6) is 1.46. The molecule has 0 aliphatic carbocycles. The summed E-state index contributed by atoms with van der Waals surface area (Å²) in [5, 5.41) is 4.82. The molecule has 6 heteroatoms. The van der Waals surface area contributed by atoms with E-state index in [1.165, 1.54) is 5.56 Å². The van der Waals surface area contributed by atoms with Crippen LogP contribution >= 0.6 is 39.1 Å². The number of nitrogens with one attached hydrogen (secondary N) is 1. The summed E-state index contributed by atoms with van der Waals surface area (Å²) in [4.78, 5) is 0. The topological polar surface area (TPSA) is 30.5 Å². The molecule has 0 atom stereocenters. The smallest absolute Gasteiger partial charge is 0.175 e. The maximum atomic E-state index is 6.25. The fourth-order valence-electron chi connectivity index (χ4n) is 3.26. The molecule has 0 aromatic heterocycles. The van der Waals surface area contributed by atoms with Gasteiger partial charge in [-0.3, -0.25) is 0 Å². The molecule has 0 spiro atoms. The Bertz CT molecular complexity index is 1030. The maximum Gasteiger partial charge on any atom is 0.175 e. The SMILES string of the molecule is CCOc1cc(CNCCc2ccc(Cl)cc2Cl)cc(Br)c1OCc1cccc(C)c1. The Labute approximate surface area is 202 Å². The first-order valence-corrected chi connectivity index (χ1v) is 11.8. The van der Waals surface area contributed by atoms with Crippen molar-refractivity contribution in [3.8, 4) is 11.5 Å². The van der Waals surface area contributed by atoms with Gasteiger partial charge in [0, 0.05) is 16.6 Å². The fourth-order valence-corrected chi connectivity index (χ4v) is 4.37. The first-order chi connectivity index (χ1) is 15.0. The van der Waals surface area contributed by atoms with Crippen molar-refractivity contribution in [1.29, 1.82) is 0 Å². The minimum absolute atomic E-state index is 0.486. The van der Waals surface area contributed by atoms with Crippen LogP contribution in [0.1, 0.15) is 29.2 Å². The first-order valence-electron chi connectivity index (χ1n) is 10.2. The van der Waals surface area contributed by atoms with Gasteiger partial charge in [-0.25, -0.2) is 0 Å². The van der Waals surface area contributed by atoms with Crippen LogP contribution in [0.4, 0.5) is 0 Å². The Morgan fingerprint density at radius 2 is 1.81 bits per heavy atom. The van der Waals surface area contributed by atoms with E-state index in [-0.39, 0.29) is 0 Å². The van der Waals surface area contributed by atoms with Crippen molar-refractivity contribution < 1.29 is 9.47 Å². The van der Waals surface area contributed by atoms with Crippen molar-refractivity contribution in [1.82, 2.24) is 5.32 Å². The number of halogens is 3. The third-order valence-corrected chi connectivity index (χ3v) is 5.93. The van der Waals surface area contributed by atoms with Crippen LogP contribution in [-0.4, -0.2) is 13.2 Å². The zero-order valence-electron chi connectivity index (χ0n) is 17.7. The molecule has 3 nitrogen and oxygen atoms in total. The Kier molecular flexibility index (Phi) is 9.09. The number of hydrogen-bond acceptors (Lipinski definition) is 3. The summed E-state index contributed by atoms with van der Waals surface area (Å²) in [5.41, 5.74) is 4.53.